The van der Waals surface area contributed by atoms with Gasteiger partial charge < -0.3 is 11.1 Å². The van der Waals surface area contributed by atoms with E-state index in [2.05, 4.69) is 15.4 Å². The molecule has 6 heteroatoms. The molecule has 0 aliphatic carbocycles. The van der Waals surface area contributed by atoms with Crippen molar-refractivity contribution in [2.75, 3.05) is 12.3 Å². The van der Waals surface area contributed by atoms with Crippen molar-refractivity contribution in [3.63, 3.8) is 0 Å². The van der Waals surface area contributed by atoms with Crippen molar-refractivity contribution >= 4 is 11.6 Å². The number of hydrogen-bond donors (Lipinski definition) is 2. The minimum atomic E-state index is -0.194. The Balaban J connectivity index is 1.93. The van der Waals surface area contributed by atoms with Crippen molar-refractivity contribution in [3.8, 4) is 0 Å². The van der Waals surface area contributed by atoms with E-state index >= 15 is 0 Å². The van der Waals surface area contributed by atoms with Crippen LogP contribution in [0.15, 0.2) is 30.7 Å². The summed E-state index contributed by atoms with van der Waals surface area (Å²) < 4.78 is 1.59. The van der Waals surface area contributed by atoms with Crippen LogP contribution < -0.4 is 11.1 Å². The largest absolute Gasteiger partial charge is 0.396 e. The van der Waals surface area contributed by atoms with Gasteiger partial charge in [0.2, 0.25) is 0 Å². The highest BCUT2D eigenvalue weighted by atomic mass is 16.2. The number of aryl methyl sites for hydroxylation is 1. The maximum absolute atomic E-state index is 12.0. The molecule has 0 atom stereocenters. The Hall–Kier alpha value is -2.37. The predicted molar refractivity (Wildman–Crippen MR) is 72.6 cm³/mol. The zero-order valence-electron chi connectivity index (χ0n) is 10.8. The molecular weight excluding hydrogens is 242 g/mol. The molecule has 19 heavy (non-hydrogen) atoms. The highest BCUT2D eigenvalue weighted by Crippen LogP contribution is 2.10. The lowest BCUT2D eigenvalue weighted by Crippen LogP contribution is -2.28. The number of aromatic nitrogens is 3. The Morgan fingerprint density at radius 2 is 2.32 bits per heavy atom. The number of nitrogen functional groups attached to an aromatic ring is 1. The summed E-state index contributed by atoms with van der Waals surface area (Å²) in [6.45, 7) is 3.07. The summed E-state index contributed by atoms with van der Waals surface area (Å²) in [5.74, 6) is -0.194. The first-order chi connectivity index (χ1) is 9.22. The summed E-state index contributed by atoms with van der Waals surface area (Å²) >= 11 is 0. The van der Waals surface area contributed by atoms with Gasteiger partial charge in [0.05, 0.1) is 11.9 Å². The lowest BCUT2D eigenvalue weighted by Gasteiger charge is -2.07. The van der Waals surface area contributed by atoms with Gasteiger partial charge >= 0.3 is 0 Å². The van der Waals surface area contributed by atoms with Crippen molar-refractivity contribution in [1.29, 1.82) is 0 Å². The first kappa shape index (κ1) is 13.1. The minimum Gasteiger partial charge on any atom is -0.396 e. The van der Waals surface area contributed by atoms with Crippen molar-refractivity contribution < 1.29 is 4.79 Å². The normalized spacial score (nSPS) is 10.4. The second-order valence-electron chi connectivity index (χ2n) is 4.13. The molecule has 0 radical (unpaired) electrons. The van der Waals surface area contributed by atoms with Gasteiger partial charge in [-0.05, 0) is 25.0 Å². The molecule has 0 aromatic carbocycles. The number of pyridine rings is 1. The van der Waals surface area contributed by atoms with Crippen LogP contribution in [0, 0.1) is 0 Å². The van der Waals surface area contributed by atoms with E-state index in [1.807, 2.05) is 19.1 Å². The summed E-state index contributed by atoms with van der Waals surface area (Å²) in [4.78, 5) is 16.1. The summed E-state index contributed by atoms with van der Waals surface area (Å²) in [5, 5.41) is 6.88. The number of amides is 1. The fraction of sp³-hybridized carbons (Fsp3) is 0.308. The highest BCUT2D eigenvalue weighted by Gasteiger charge is 2.15. The standard InChI is InChI=1S/C13H17N5O/c1-2-18-12(11(14)9-17-18)13(19)16-7-5-10-4-3-6-15-8-10/h3-4,6,8-9H,2,5,7,14H2,1H3,(H,16,19). The Bertz CT molecular complexity index is 549. The van der Waals surface area contributed by atoms with Crippen LogP contribution in [0.25, 0.3) is 0 Å². The smallest absolute Gasteiger partial charge is 0.271 e. The zero-order valence-corrected chi connectivity index (χ0v) is 10.8. The molecule has 2 heterocycles. The Labute approximate surface area is 111 Å². The molecule has 0 fully saturated rings. The quantitative estimate of drug-likeness (QED) is 0.833. The van der Waals surface area contributed by atoms with Gasteiger partial charge in [-0.25, -0.2) is 0 Å². The number of anilines is 1. The number of hydrogen-bond acceptors (Lipinski definition) is 4. The zero-order chi connectivity index (χ0) is 13.7. The summed E-state index contributed by atoms with van der Waals surface area (Å²) in [5.41, 5.74) is 7.66. The molecule has 0 unspecified atom stereocenters. The van der Waals surface area contributed by atoms with E-state index in [0.29, 0.717) is 24.5 Å². The molecule has 100 valence electrons. The average molecular weight is 259 g/mol. The van der Waals surface area contributed by atoms with Crippen LogP contribution in [0.3, 0.4) is 0 Å². The van der Waals surface area contributed by atoms with E-state index in [0.717, 1.165) is 12.0 Å². The van der Waals surface area contributed by atoms with E-state index in [4.69, 9.17) is 5.73 Å². The topological polar surface area (TPSA) is 85.8 Å². The van der Waals surface area contributed by atoms with Crippen LogP contribution in [0.4, 0.5) is 5.69 Å². The number of nitrogens with zero attached hydrogens (tertiary/aromatic N) is 3. The second-order valence-corrected chi connectivity index (χ2v) is 4.13. The van der Waals surface area contributed by atoms with Gasteiger partial charge in [0, 0.05) is 25.5 Å². The van der Waals surface area contributed by atoms with E-state index in [9.17, 15) is 4.79 Å². The molecule has 2 aromatic heterocycles. The van der Waals surface area contributed by atoms with Crippen molar-refractivity contribution in [2.24, 2.45) is 0 Å². The fourth-order valence-corrected chi connectivity index (χ4v) is 1.84. The molecule has 0 spiro atoms. The Kier molecular flexibility index (Phi) is 4.12. The molecule has 2 aromatic rings. The molecule has 6 nitrogen and oxygen atoms in total. The first-order valence-electron chi connectivity index (χ1n) is 6.20. The molecule has 2 rings (SSSR count). The average Bonchev–Trinajstić information content (AvgIpc) is 2.81. The SMILES string of the molecule is CCn1ncc(N)c1C(=O)NCCc1cccnc1. The molecule has 0 bridgehead atoms. The monoisotopic (exact) mass is 259 g/mol. The number of nitrogens with one attached hydrogen (secondary N) is 1. The Morgan fingerprint density at radius 1 is 1.47 bits per heavy atom. The van der Waals surface area contributed by atoms with Gasteiger partial charge in [-0.2, -0.15) is 5.10 Å². The summed E-state index contributed by atoms with van der Waals surface area (Å²) in [7, 11) is 0. The van der Waals surface area contributed by atoms with Crippen molar-refractivity contribution in [3.05, 3.63) is 42.0 Å². The molecule has 0 saturated carbocycles. The van der Waals surface area contributed by atoms with E-state index in [1.54, 1.807) is 17.1 Å². The van der Waals surface area contributed by atoms with Gasteiger partial charge in [0.1, 0.15) is 5.69 Å². The molecule has 0 aliphatic heterocycles. The predicted octanol–water partition coefficient (Wildman–Crippen LogP) is 0.853. The molecule has 1 amide bonds. The van der Waals surface area contributed by atoms with Gasteiger partial charge in [0.15, 0.2) is 0 Å². The third kappa shape index (κ3) is 3.09. The third-order valence-electron chi connectivity index (χ3n) is 2.80. The van der Waals surface area contributed by atoms with Crippen LogP contribution >= 0.6 is 0 Å². The van der Waals surface area contributed by atoms with Gasteiger partial charge in [-0.3, -0.25) is 14.5 Å². The fourth-order valence-electron chi connectivity index (χ4n) is 1.84. The van der Waals surface area contributed by atoms with Crippen LogP contribution in [-0.2, 0) is 13.0 Å². The molecule has 0 aliphatic rings. The van der Waals surface area contributed by atoms with Crippen LogP contribution in [0.1, 0.15) is 23.0 Å². The molecule has 3 N–H and O–H groups in total. The van der Waals surface area contributed by atoms with Gasteiger partial charge in [-0.1, -0.05) is 6.07 Å². The highest BCUT2D eigenvalue weighted by molar-refractivity contribution is 5.97. The second kappa shape index (κ2) is 5.99. The number of rotatable bonds is 5. The molecular formula is C13H17N5O. The first-order valence-corrected chi connectivity index (χ1v) is 6.20. The maximum Gasteiger partial charge on any atom is 0.271 e. The van der Waals surface area contributed by atoms with Crippen LogP contribution in [0.5, 0.6) is 0 Å². The minimum absolute atomic E-state index is 0.194. The molecule has 0 saturated heterocycles. The van der Waals surface area contributed by atoms with Crippen molar-refractivity contribution in [1.82, 2.24) is 20.1 Å². The number of nitrogens with two attached hydrogens (primary N) is 1. The number of carbonyl (C=O) groups is 1. The van der Waals surface area contributed by atoms with Crippen LogP contribution in [-0.4, -0.2) is 27.2 Å². The van der Waals surface area contributed by atoms with Crippen LogP contribution in [0.2, 0.25) is 0 Å². The lowest BCUT2D eigenvalue weighted by molar-refractivity contribution is 0.0944. The lowest BCUT2D eigenvalue weighted by atomic mass is 10.2. The van der Waals surface area contributed by atoms with E-state index < -0.39 is 0 Å². The van der Waals surface area contributed by atoms with Gasteiger partial charge in [0.25, 0.3) is 5.91 Å². The third-order valence-corrected chi connectivity index (χ3v) is 2.80. The summed E-state index contributed by atoms with van der Waals surface area (Å²) in [6, 6.07) is 3.85. The van der Waals surface area contributed by atoms with E-state index in [-0.39, 0.29) is 5.91 Å². The van der Waals surface area contributed by atoms with Crippen molar-refractivity contribution in [2.45, 2.75) is 19.9 Å². The number of carbonyl (C=O) groups excluding carboxylic acids is 1. The van der Waals surface area contributed by atoms with E-state index in [1.165, 1.54) is 6.20 Å². The maximum atomic E-state index is 12.0. The Morgan fingerprint density at radius 3 is 3.00 bits per heavy atom. The van der Waals surface area contributed by atoms with Gasteiger partial charge in [-0.15, -0.1) is 0 Å². The summed E-state index contributed by atoms with van der Waals surface area (Å²) in [6.07, 6.45) is 5.75.